The van der Waals surface area contributed by atoms with Crippen molar-refractivity contribution in [3.8, 4) is 0 Å². The molecule has 1 aromatic heterocycles. The molecule has 0 atom stereocenters. The molecule has 0 aliphatic rings. The summed E-state index contributed by atoms with van der Waals surface area (Å²) in [5.74, 6) is -0.497. The van der Waals surface area contributed by atoms with Gasteiger partial charge in [0.05, 0.1) is 11.3 Å². The van der Waals surface area contributed by atoms with Gasteiger partial charge in [0, 0.05) is 20.0 Å². The van der Waals surface area contributed by atoms with E-state index in [1.807, 2.05) is 6.92 Å². The SMILES string of the molecule is CCCc1onc(C)c1C(=O)N(C)Cc1ccc(C(=O)O)cc1. The molecule has 2 aromatic rings. The van der Waals surface area contributed by atoms with Gasteiger partial charge in [0.2, 0.25) is 0 Å². The lowest BCUT2D eigenvalue weighted by Crippen LogP contribution is -2.27. The summed E-state index contributed by atoms with van der Waals surface area (Å²) in [6.07, 6.45) is 1.54. The fourth-order valence-corrected chi connectivity index (χ4v) is 2.38. The Kier molecular flexibility index (Phi) is 5.16. The minimum absolute atomic E-state index is 0.144. The largest absolute Gasteiger partial charge is 0.478 e. The first-order valence-electron chi connectivity index (χ1n) is 7.46. The van der Waals surface area contributed by atoms with Crippen molar-refractivity contribution >= 4 is 11.9 Å². The monoisotopic (exact) mass is 316 g/mol. The highest BCUT2D eigenvalue weighted by Crippen LogP contribution is 2.18. The highest BCUT2D eigenvalue weighted by Gasteiger charge is 2.23. The van der Waals surface area contributed by atoms with Crippen LogP contribution in [0.1, 0.15) is 51.1 Å². The molecule has 0 spiro atoms. The molecule has 0 aliphatic carbocycles. The Morgan fingerprint density at radius 1 is 1.26 bits per heavy atom. The average molecular weight is 316 g/mol. The van der Waals surface area contributed by atoms with E-state index >= 15 is 0 Å². The van der Waals surface area contributed by atoms with Gasteiger partial charge in [0.25, 0.3) is 5.91 Å². The molecule has 6 heteroatoms. The summed E-state index contributed by atoms with van der Waals surface area (Å²) in [5.41, 5.74) is 2.20. The van der Waals surface area contributed by atoms with Crippen LogP contribution in [0, 0.1) is 6.92 Å². The number of aryl methyl sites for hydroxylation is 2. The quantitative estimate of drug-likeness (QED) is 0.886. The zero-order valence-corrected chi connectivity index (χ0v) is 13.5. The normalized spacial score (nSPS) is 10.6. The molecular weight excluding hydrogens is 296 g/mol. The van der Waals surface area contributed by atoms with Crippen LogP contribution in [0.2, 0.25) is 0 Å². The number of carboxylic acid groups (broad SMARTS) is 1. The zero-order chi connectivity index (χ0) is 17.0. The number of aromatic carboxylic acids is 1. The predicted octanol–water partition coefficient (Wildman–Crippen LogP) is 2.91. The summed E-state index contributed by atoms with van der Waals surface area (Å²) in [4.78, 5) is 25.1. The van der Waals surface area contributed by atoms with Crippen molar-refractivity contribution in [2.75, 3.05) is 7.05 Å². The second-order valence-electron chi connectivity index (χ2n) is 5.48. The van der Waals surface area contributed by atoms with E-state index in [4.69, 9.17) is 9.63 Å². The van der Waals surface area contributed by atoms with Gasteiger partial charge in [0.1, 0.15) is 11.3 Å². The van der Waals surface area contributed by atoms with Crippen molar-refractivity contribution in [3.05, 3.63) is 52.4 Å². The fourth-order valence-electron chi connectivity index (χ4n) is 2.38. The van der Waals surface area contributed by atoms with Crippen LogP contribution in [0.3, 0.4) is 0 Å². The van der Waals surface area contributed by atoms with Crippen molar-refractivity contribution in [1.29, 1.82) is 0 Å². The Morgan fingerprint density at radius 3 is 2.48 bits per heavy atom. The van der Waals surface area contributed by atoms with E-state index in [0.29, 0.717) is 30.0 Å². The molecule has 0 bridgehead atoms. The third-order valence-corrected chi connectivity index (χ3v) is 3.59. The smallest absolute Gasteiger partial charge is 0.335 e. The van der Waals surface area contributed by atoms with Crippen molar-refractivity contribution < 1.29 is 19.2 Å². The molecular formula is C17H20N2O4. The van der Waals surface area contributed by atoms with Gasteiger partial charge in [-0.05, 0) is 31.0 Å². The summed E-state index contributed by atoms with van der Waals surface area (Å²) in [6, 6.07) is 6.48. The van der Waals surface area contributed by atoms with Gasteiger partial charge in [0.15, 0.2) is 0 Å². The topological polar surface area (TPSA) is 83.6 Å². The van der Waals surface area contributed by atoms with E-state index in [-0.39, 0.29) is 11.5 Å². The van der Waals surface area contributed by atoms with Crippen LogP contribution in [0.5, 0.6) is 0 Å². The van der Waals surface area contributed by atoms with Crippen LogP contribution >= 0.6 is 0 Å². The Hall–Kier alpha value is -2.63. The molecule has 1 heterocycles. The maximum Gasteiger partial charge on any atom is 0.335 e. The summed E-state index contributed by atoms with van der Waals surface area (Å²) >= 11 is 0. The van der Waals surface area contributed by atoms with Crippen LogP contribution in [0.15, 0.2) is 28.8 Å². The maximum atomic E-state index is 12.6. The van der Waals surface area contributed by atoms with E-state index in [1.165, 1.54) is 12.1 Å². The molecule has 0 fully saturated rings. The van der Waals surface area contributed by atoms with Crippen LogP contribution in [-0.2, 0) is 13.0 Å². The standard InChI is InChI=1S/C17H20N2O4/c1-4-5-14-15(11(2)18-23-14)16(20)19(3)10-12-6-8-13(9-7-12)17(21)22/h6-9H,4-5,10H2,1-3H3,(H,21,22). The Balaban J connectivity index is 2.14. The van der Waals surface area contributed by atoms with Crippen molar-refractivity contribution in [2.45, 2.75) is 33.2 Å². The Labute approximate surface area is 134 Å². The molecule has 0 radical (unpaired) electrons. The first-order chi connectivity index (χ1) is 10.9. The molecule has 0 aliphatic heterocycles. The minimum Gasteiger partial charge on any atom is -0.478 e. The lowest BCUT2D eigenvalue weighted by molar-refractivity contribution is 0.0695. The summed E-state index contributed by atoms with van der Waals surface area (Å²) in [6.45, 7) is 4.15. The molecule has 1 amide bonds. The van der Waals surface area contributed by atoms with E-state index in [9.17, 15) is 9.59 Å². The number of amides is 1. The number of carbonyl (C=O) groups excluding carboxylic acids is 1. The molecule has 0 unspecified atom stereocenters. The molecule has 6 nitrogen and oxygen atoms in total. The summed E-state index contributed by atoms with van der Waals surface area (Å²) in [5, 5.41) is 12.8. The molecule has 2 rings (SSSR count). The first kappa shape index (κ1) is 16.7. The average Bonchev–Trinajstić information content (AvgIpc) is 2.88. The van der Waals surface area contributed by atoms with Gasteiger partial charge >= 0.3 is 5.97 Å². The predicted molar refractivity (Wildman–Crippen MR) is 84.4 cm³/mol. The van der Waals surface area contributed by atoms with Gasteiger partial charge in [-0.25, -0.2) is 4.79 Å². The summed E-state index contributed by atoms with van der Waals surface area (Å²) in [7, 11) is 1.70. The van der Waals surface area contributed by atoms with Crippen molar-refractivity contribution in [2.24, 2.45) is 0 Å². The highest BCUT2D eigenvalue weighted by molar-refractivity contribution is 5.96. The molecule has 122 valence electrons. The summed E-state index contributed by atoms with van der Waals surface area (Å²) < 4.78 is 5.24. The molecule has 0 saturated heterocycles. The van der Waals surface area contributed by atoms with Crippen LogP contribution in [0.25, 0.3) is 0 Å². The fraction of sp³-hybridized carbons (Fsp3) is 0.353. The molecule has 23 heavy (non-hydrogen) atoms. The number of nitrogens with zero attached hydrogens (tertiary/aromatic N) is 2. The van der Waals surface area contributed by atoms with Gasteiger partial charge in [-0.1, -0.05) is 24.2 Å². The molecule has 1 aromatic carbocycles. The van der Waals surface area contributed by atoms with Gasteiger partial charge in [-0.3, -0.25) is 4.79 Å². The van der Waals surface area contributed by atoms with E-state index in [2.05, 4.69) is 5.16 Å². The number of aromatic nitrogens is 1. The second kappa shape index (κ2) is 7.09. The number of carbonyl (C=O) groups is 2. The number of benzene rings is 1. The molecule has 1 N–H and O–H groups in total. The number of hydrogen-bond donors (Lipinski definition) is 1. The van der Waals surface area contributed by atoms with Crippen LogP contribution in [0.4, 0.5) is 0 Å². The Morgan fingerprint density at radius 2 is 1.91 bits per heavy atom. The third-order valence-electron chi connectivity index (χ3n) is 3.59. The van der Waals surface area contributed by atoms with Crippen molar-refractivity contribution in [1.82, 2.24) is 10.1 Å². The van der Waals surface area contributed by atoms with Crippen LogP contribution in [-0.4, -0.2) is 34.1 Å². The third kappa shape index (κ3) is 3.77. The van der Waals surface area contributed by atoms with Crippen LogP contribution < -0.4 is 0 Å². The number of carboxylic acids is 1. The maximum absolute atomic E-state index is 12.6. The lowest BCUT2D eigenvalue weighted by Gasteiger charge is -2.17. The molecule has 0 saturated carbocycles. The van der Waals surface area contributed by atoms with E-state index < -0.39 is 5.97 Å². The van der Waals surface area contributed by atoms with E-state index in [1.54, 1.807) is 31.0 Å². The zero-order valence-electron chi connectivity index (χ0n) is 13.5. The van der Waals surface area contributed by atoms with Gasteiger partial charge in [-0.15, -0.1) is 0 Å². The first-order valence-corrected chi connectivity index (χ1v) is 7.46. The second-order valence-corrected chi connectivity index (χ2v) is 5.48. The van der Waals surface area contributed by atoms with Gasteiger partial charge < -0.3 is 14.5 Å². The Bertz CT molecular complexity index is 704. The van der Waals surface area contributed by atoms with E-state index in [0.717, 1.165) is 12.0 Å². The minimum atomic E-state index is -0.967. The van der Waals surface area contributed by atoms with Gasteiger partial charge in [-0.2, -0.15) is 0 Å². The lowest BCUT2D eigenvalue weighted by atomic mass is 10.1. The number of rotatable bonds is 6. The number of hydrogen-bond acceptors (Lipinski definition) is 4. The highest BCUT2D eigenvalue weighted by atomic mass is 16.5. The van der Waals surface area contributed by atoms with Crippen molar-refractivity contribution in [3.63, 3.8) is 0 Å².